The van der Waals surface area contributed by atoms with Gasteiger partial charge in [-0.1, -0.05) is 47.5 Å². The Morgan fingerprint density at radius 1 is 1.29 bits per heavy atom. The zero-order valence-electron chi connectivity index (χ0n) is 14.7. The first-order chi connectivity index (χ1) is 9.85. The average Bonchev–Trinajstić information content (AvgIpc) is 2.80. The van der Waals surface area contributed by atoms with Crippen LogP contribution in [0.4, 0.5) is 0 Å². The molecule has 0 amide bonds. The molecule has 1 saturated carbocycles. The van der Waals surface area contributed by atoms with E-state index in [1.165, 1.54) is 41.3 Å². The van der Waals surface area contributed by atoms with Crippen molar-refractivity contribution in [3.8, 4) is 0 Å². The quantitative estimate of drug-likeness (QED) is 0.841. The average molecular weight is 309 g/mol. The van der Waals surface area contributed by atoms with Gasteiger partial charge in [-0.3, -0.25) is 0 Å². The lowest BCUT2D eigenvalue weighted by atomic mass is 9.62. The van der Waals surface area contributed by atoms with Gasteiger partial charge in [0.05, 0.1) is 11.2 Å². The van der Waals surface area contributed by atoms with Gasteiger partial charge in [0.15, 0.2) is 0 Å². The van der Waals surface area contributed by atoms with Crippen molar-refractivity contribution in [3.63, 3.8) is 0 Å². The van der Waals surface area contributed by atoms with Crippen LogP contribution in [0.25, 0.3) is 0 Å². The molecule has 0 radical (unpaired) electrons. The molecule has 3 heteroatoms. The van der Waals surface area contributed by atoms with Gasteiger partial charge in [0.2, 0.25) is 0 Å². The fourth-order valence-electron chi connectivity index (χ4n) is 4.15. The fraction of sp³-hybridized carbons (Fsp3) is 0.833. The molecule has 1 aromatic heterocycles. The van der Waals surface area contributed by atoms with Crippen LogP contribution in [-0.4, -0.2) is 11.5 Å². The second-order valence-electron chi connectivity index (χ2n) is 7.54. The molecule has 0 bridgehead atoms. The predicted molar refractivity (Wildman–Crippen MR) is 93.0 cm³/mol. The van der Waals surface area contributed by atoms with Gasteiger partial charge < -0.3 is 5.32 Å². The van der Waals surface area contributed by atoms with E-state index in [-0.39, 0.29) is 5.54 Å². The van der Waals surface area contributed by atoms with Crippen molar-refractivity contribution in [1.82, 2.24) is 10.3 Å². The summed E-state index contributed by atoms with van der Waals surface area (Å²) in [6.07, 6.45) is 6.28. The van der Waals surface area contributed by atoms with E-state index in [1.807, 2.05) is 11.3 Å². The standard InChI is InChI=1S/C18H32N2S/c1-7-14-13(3)21-16(20-14)18(19-8-2)12-10-9-11-15(18)17(4,5)6/h15,19H,7-12H2,1-6H3. The lowest BCUT2D eigenvalue weighted by Gasteiger charge is -2.49. The molecule has 1 fully saturated rings. The van der Waals surface area contributed by atoms with Crippen LogP contribution in [0.5, 0.6) is 0 Å². The first-order valence-corrected chi connectivity index (χ1v) is 9.38. The Labute approximate surface area is 134 Å². The summed E-state index contributed by atoms with van der Waals surface area (Å²) in [4.78, 5) is 6.47. The van der Waals surface area contributed by atoms with Crippen LogP contribution in [0.1, 0.15) is 75.9 Å². The number of thiazole rings is 1. The molecule has 1 N–H and O–H groups in total. The van der Waals surface area contributed by atoms with Gasteiger partial charge in [0.1, 0.15) is 5.01 Å². The highest BCUT2D eigenvalue weighted by molar-refractivity contribution is 7.11. The van der Waals surface area contributed by atoms with Gasteiger partial charge in [-0.2, -0.15) is 0 Å². The highest BCUT2D eigenvalue weighted by Crippen LogP contribution is 2.50. The Morgan fingerprint density at radius 2 is 2.00 bits per heavy atom. The minimum absolute atomic E-state index is 0.0914. The SMILES string of the molecule is CCNC1(c2nc(CC)c(C)s2)CCCCC1C(C)(C)C. The molecule has 1 aromatic rings. The largest absolute Gasteiger partial charge is 0.305 e. The van der Waals surface area contributed by atoms with Crippen molar-refractivity contribution >= 4 is 11.3 Å². The summed E-state index contributed by atoms with van der Waals surface area (Å²) in [5, 5.41) is 5.23. The topological polar surface area (TPSA) is 24.9 Å². The van der Waals surface area contributed by atoms with Crippen LogP contribution in [0.15, 0.2) is 0 Å². The third-order valence-electron chi connectivity index (χ3n) is 5.06. The molecule has 2 rings (SSSR count). The molecule has 0 saturated heterocycles. The van der Waals surface area contributed by atoms with E-state index >= 15 is 0 Å². The minimum atomic E-state index is 0.0914. The summed E-state index contributed by atoms with van der Waals surface area (Å²) in [6, 6.07) is 0. The first-order valence-electron chi connectivity index (χ1n) is 8.57. The Kier molecular flexibility index (Phi) is 5.15. The van der Waals surface area contributed by atoms with Crippen molar-refractivity contribution in [1.29, 1.82) is 0 Å². The lowest BCUT2D eigenvalue weighted by molar-refractivity contribution is 0.0489. The van der Waals surface area contributed by atoms with E-state index in [0.29, 0.717) is 11.3 Å². The number of hydrogen-bond donors (Lipinski definition) is 1. The van der Waals surface area contributed by atoms with Crippen LogP contribution in [-0.2, 0) is 12.0 Å². The molecule has 2 unspecified atom stereocenters. The maximum absolute atomic E-state index is 5.06. The number of rotatable bonds is 4. The summed E-state index contributed by atoms with van der Waals surface area (Å²) in [6.45, 7) is 14.9. The number of aryl methyl sites for hydroxylation is 2. The minimum Gasteiger partial charge on any atom is -0.305 e. The third-order valence-corrected chi connectivity index (χ3v) is 6.25. The van der Waals surface area contributed by atoms with E-state index in [2.05, 4.69) is 46.9 Å². The number of hydrogen-bond acceptors (Lipinski definition) is 3. The van der Waals surface area contributed by atoms with E-state index in [4.69, 9.17) is 4.98 Å². The zero-order valence-corrected chi connectivity index (χ0v) is 15.5. The molecule has 2 nitrogen and oxygen atoms in total. The Hall–Kier alpha value is -0.410. The van der Waals surface area contributed by atoms with Crippen molar-refractivity contribution < 1.29 is 0 Å². The van der Waals surface area contributed by atoms with E-state index in [1.54, 1.807) is 0 Å². The normalized spacial score (nSPS) is 27.0. The molecular formula is C18H32N2S. The highest BCUT2D eigenvalue weighted by Gasteiger charge is 2.48. The highest BCUT2D eigenvalue weighted by atomic mass is 32.1. The van der Waals surface area contributed by atoms with Gasteiger partial charge in [-0.05, 0) is 44.1 Å². The van der Waals surface area contributed by atoms with E-state index < -0.39 is 0 Å². The number of aromatic nitrogens is 1. The molecular weight excluding hydrogens is 276 g/mol. The Balaban J connectivity index is 2.50. The molecule has 0 aliphatic heterocycles. The molecule has 21 heavy (non-hydrogen) atoms. The number of nitrogens with one attached hydrogen (secondary N) is 1. The van der Waals surface area contributed by atoms with Gasteiger partial charge in [-0.25, -0.2) is 4.98 Å². The second-order valence-corrected chi connectivity index (χ2v) is 8.74. The van der Waals surface area contributed by atoms with E-state index in [0.717, 1.165) is 13.0 Å². The maximum atomic E-state index is 5.06. The number of nitrogens with zero attached hydrogens (tertiary/aromatic N) is 1. The summed E-state index contributed by atoms with van der Waals surface area (Å²) in [7, 11) is 0. The Morgan fingerprint density at radius 3 is 2.52 bits per heavy atom. The van der Waals surface area contributed by atoms with Crippen LogP contribution in [0, 0.1) is 18.3 Å². The van der Waals surface area contributed by atoms with Crippen LogP contribution < -0.4 is 5.32 Å². The molecule has 1 heterocycles. The summed E-state index contributed by atoms with van der Waals surface area (Å²) in [5.41, 5.74) is 1.70. The molecule has 2 atom stereocenters. The van der Waals surface area contributed by atoms with Crippen molar-refractivity contribution in [3.05, 3.63) is 15.6 Å². The van der Waals surface area contributed by atoms with Crippen molar-refractivity contribution in [2.45, 2.75) is 79.2 Å². The fourth-order valence-corrected chi connectivity index (χ4v) is 5.40. The maximum Gasteiger partial charge on any atom is 0.114 e. The third kappa shape index (κ3) is 3.19. The summed E-state index contributed by atoms with van der Waals surface area (Å²) >= 11 is 1.93. The molecule has 1 aliphatic rings. The van der Waals surface area contributed by atoms with Gasteiger partial charge in [0, 0.05) is 4.88 Å². The lowest BCUT2D eigenvalue weighted by Crippen LogP contribution is -2.54. The van der Waals surface area contributed by atoms with Crippen LogP contribution in [0.3, 0.4) is 0 Å². The van der Waals surface area contributed by atoms with Crippen molar-refractivity contribution in [2.75, 3.05) is 6.54 Å². The van der Waals surface area contributed by atoms with Crippen LogP contribution >= 0.6 is 11.3 Å². The van der Waals surface area contributed by atoms with Gasteiger partial charge in [-0.15, -0.1) is 11.3 Å². The Bertz CT molecular complexity index is 468. The predicted octanol–water partition coefficient (Wildman–Crippen LogP) is 5.06. The second kappa shape index (κ2) is 6.37. The molecule has 0 spiro atoms. The smallest absolute Gasteiger partial charge is 0.114 e. The zero-order chi connectivity index (χ0) is 15.7. The van der Waals surface area contributed by atoms with Gasteiger partial charge >= 0.3 is 0 Å². The first kappa shape index (κ1) is 17.0. The summed E-state index contributed by atoms with van der Waals surface area (Å²) in [5.74, 6) is 0.661. The monoisotopic (exact) mass is 308 g/mol. The summed E-state index contributed by atoms with van der Waals surface area (Å²) < 4.78 is 0. The molecule has 120 valence electrons. The van der Waals surface area contributed by atoms with Crippen LogP contribution in [0.2, 0.25) is 0 Å². The van der Waals surface area contributed by atoms with E-state index in [9.17, 15) is 0 Å². The molecule has 1 aliphatic carbocycles. The van der Waals surface area contributed by atoms with Crippen molar-refractivity contribution in [2.24, 2.45) is 11.3 Å². The molecule has 0 aromatic carbocycles. The van der Waals surface area contributed by atoms with Gasteiger partial charge in [0.25, 0.3) is 0 Å².